The number of amides is 1. The van der Waals surface area contributed by atoms with E-state index in [1.54, 1.807) is 66.3 Å². The van der Waals surface area contributed by atoms with Crippen molar-refractivity contribution in [3.05, 3.63) is 40.9 Å². The Kier molecular flexibility index (Phi) is 4.59. The smallest absolute Gasteiger partial charge is 0.274 e. The number of likely N-dealkylation sites (N-methyl/N-ethyl adjacent to an activating group) is 1. The van der Waals surface area contributed by atoms with Crippen molar-refractivity contribution in [2.24, 2.45) is 7.05 Å². The lowest BCUT2D eigenvalue weighted by Crippen LogP contribution is -2.51. The number of hydrogen-bond donors (Lipinski definition) is 1. The Morgan fingerprint density at radius 2 is 1.77 bits per heavy atom. The lowest BCUT2D eigenvalue weighted by atomic mass is 9.98. The van der Waals surface area contributed by atoms with Crippen LogP contribution in [0.4, 0.5) is 5.69 Å². The highest BCUT2D eigenvalue weighted by Crippen LogP contribution is 2.47. The second-order valence-electron chi connectivity index (χ2n) is 8.61. The van der Waals surface area contributed by atoms with Crippen LogP contribution in [0.1, 0.15) is 27.7 Å². The second kappa shape index (κ2) is 6.71. The fraction of sp³-hybridized carbons (Fsp3) is 0.364. The molecule has 3 aromatic rings. The van der Waals surface area contributed by atoms with Gasteiger partial charge in [-0.25, -0.2) is 8.42 Å². The fourth-order valence-corrected chi connectivity index (χ4v) is 4.98. The summed E-state index contributed by atoms with van der Waals surface area (Å²) in [5, 5.41) is -0.00174. The molecule has 0 saturated heterocycles. The van der Waals surface area contributed by atoms with Gasteiger partial charge in [-0.1, -0.05) is 0 Å². The molecule has 0 spiro atoms. The number of aromatic nitrogens is 2. The highest BCUT2D eigenvalue weighted by atomic mass is 32.2. The van der Waals surface area contributed by atoms with E-state index in [0.29, 0.717) is 33.5 Å². The Labute approximate surface area is 180 Å². The first-order valence-electron chi connectivity index (χ1n) is 9.92. The summed E-state index contributed by atoms with van der Waals surface area (Å²) in [5.41, 5.74) is 0.590. The van der Waals surface area contributed by atoms with Crippen molar-refractivity contribution in [1.82, 2.24) is 9.55 Å². The first kappa shape index (κ1) is 21.2. The molecule has 8 nitrogen and oxygen atoms in total. The molecule has 3 heterocycles. The van der Waals surface area contributed by atoms with Crippen molar-refractivity contribution in [3.8, 4) is 16.9 Å². The van der Waals surface area contributed by atoms with Gasteiger partial charge in [0.05, 0.1) is 15.8 Å². The first-order chi connectivity index (χ1) is 14.4. The molecule has 1 aliphatic heterocycles. The number of sulfone groups is 1. The molecule has 2 aromatic heterocycles. The Balaban J connectivity index is 2.15. The Bertz CT molecular complexity index is 1400. The second-order valence-corrected chi connectivity index (χ2v) is 11.1. The predicted molar refractivity (Wildman–Crippen MR) is 119 cm³/mol. The molecule has 1 amide bonds. The van der Waals surface area contributed by atoms with Gasteiger partial charge in [0.2, 0.25) is 0 Å². The number of ether oxygens (including phenoxy) is 1. The van der Waals surface area contributed by atoms with Gasteiger partial charge in [-0.15, -0.1) is 0 Å². The summed E-state index contributed by atoms with van der Waals surface area (Å²) < 4.78 is 33.7. The number of aryl methyl sites for hydroxylation is 1. The quantitative estimate of drug-likeness (QED) is 0.671. The van der Waals surface area contributed by atoms with Crippen LogP contribution in [0.3, 0.4) is 0 Å². The van der Waals surface area contributed by atoms with Gasteiger partial charge in [-0.05, 0) is 45.9 Å². The van der Waals surface area contributed by atoms with Gasteiger partial charge in [-0.3, -0.25) is 9.59 Å². The lowest BCUT2D eigenvalue weighted by molar-refractivity contribution is -0.132. The summed E-state index contributed by atoms with van der Waals surface area (Å²) in [7, 11) is -0.401. The molecule has 1 aliphatic rings. The number of benzene rings is 1. The topological polar surface area (TPSA) is 101 Å². The van der Waals surface area contributed by atoms with Gasteiger partial charge in [0, 0.05) is 43.0 Å². The molecule has 0 unspecified atom stereocenters. The molecular weight excluding hydrogens is 418 g/mol. The highest BCUT2D eigenvalue weighted by Gasteiger charge is 2.41. The molecular formula is C22H25N3O5S. The molecule has 0 saturated carbocycles. The van der Waals surface area contributed by atoms with Gasteiger partial charge < -0.3 is 19.2 Å². The minimum atomic E-state index is -3.64. The van der Waals surface area contributed by atoms with Crippen LogP contribution in [-0.2, 0) is 21.7 Å². The van der Waals surface area contributed by atoms with Gasteiger partial charge >= 0.3 is 0 Å². The number of pyridine rings is 1. The molecule has 0 fully saturated rings. The molecule has 31 heavy (non-hydrogen) atoms. The molecule has 9 heteroatoms. The van der Waals surface area contributed by atoms with Gasteiger partial charge in [0.1, 0.15) is 5.52 Å². The third-order valence-electron chi connectivity index (χ3n) is 5.71. The van der Waals surface area contributed by atoms with E-state index in [-0.39, 0.29) is 16.4 Å². The van der Waals surface area contributed by atoms with Gasteiger partial charge in [0.25, 0.3) is 11.5 Å². The van der Waals surface area contributed by atoms with Crippen LogP contribution >= 0.6 is 0 Å². The van der Waals surface area contributed by atoms with E-state index < -0.39 is 20.7 Å². The average Bonchev–Trinajstić information content (AvgIpc) is 3.18. The summed E-state index contributed by atoms with van der Waals surface area (Å²) in [6, 6.07) is 4.82. The van der Waals surface area contributed by atoms with Crippen molar-refractivity contribution in [3.63, 3.8) is 0 Å². The zero-order valence-corrected chi connectivity index (χ0v) is 19.1. The molecule has 164 valence electrons. The SMILES string of the molecule is CC(C)S(=O)(=O)c1cc(-c2cn(C)c(=O)c3[nH]ccc23)c2c(c1)N(C)C(=O)C(C)(C)O2. The van der Waals surface area contributed by atoms with E-state index >= 15 is 0 Å². The number of nitrogens with one attached hydrogen (secondary N) is 1. The maximum atomic E-state index is 13.0. The standard InChI is InChI=1S/C22H25N3O5S/c1-12(2)31(28,29)13-9-15(16-11-24(5)20(26)18-14(16)7-8-23-18)19-17(10-13)25(6)21(27)22(3,4)30-19/h7-12,23H,1-6H3. The van der Waals surface area contributed by atoms with Crippen molar-refractivity contribution in [1.29, 1.82) is 0 Å². The third-order valence-corrected chi connectivity index (χ3v) is 7.85. The van der Waals surface area contributed by atoms with Crippen LogP contribution in [0.15, 0.2) is 40.3 Å². The number of fused-ring (bicyclic) bond motifs is 2. The van der Waals surface area contributed by atoms with E-state index in [1.165, 1.54) is 15.5 Å². The van der Waals surface area contributed by atoms with Crippen LogP contribution in [0, 0.1) is 0 Å². The molecule has 1 aromatic carbocycles. The molecule has 0 bridgehead atoms. The zero-order valence-electron chi connectivity index (χ0n) is 18.3. The van der Waals surface area contributed by atoms with E-state index in [2.05, 4.69) is 4.98 Å². The number of carbonyl (C=O) groups is 1. The maximum Gasteiger partial charge on any atom is 0.274 e. The number of rotatable bonds is 3. The van der Waals surface area contributed by atoms with Crippen LogP contribution in [0.5, 0.6) is 5.75 Å². The first-order valence-corrected chi connectivity index (χ1v) is 11.5. The number of H-pyrrole nitrogens is 1. The van der Waals surface area contributed by atoms with Crippen LogP contribution in [0.2, 0.25) is 0 Å². The van der Waals surface area contributed by atoms with Crippen LogP contribution in [0.25, 0.3) is 22.0 Å². The molecule has 1 N–H and O–H groups in total. The number of anilines is 1. The summed E-state index contributed by atoms with van der Waals surface area (Å²) in [6.45, 7) is 6.56. The van der Waals surface area contributed by atoms with E-state index in [9.17, 15) is 18.0 Å². The van der Waals surface area contributed by atoms with Crippen molar-refractivity contribution in [2.45, 2.75) is 43.4 Å². The summed E-state index contributed by atoms with van der Waals surface area (Å²) >= 11 is 0. The normalized spacial score (nSPS) is 16.0. The molecule has 0 radical (unpaired) electrons. The van der Waals surface area contributed by atoms with Crippen molar-refractivity contribution in [2.75, 3.05) is 11.9 Å². The molecule has 0 atom stereocenters. The monoisotopic (exact) mass is 443 g/mol. The van der Waals surface area contributed by atoms with Crippen molar-refractivity contribution >= 4 is 32.3 Å². The minimum absolute atomic E-state index is 0.0942. The lowest BCUT2D eigenvalue weighted by Gasteiger charge is -2.38. The summed E-state index contributed by atoms with van der Waals surface area (Å²) in [5.74, 6) is 0.119. The summed E-state index contributed by atoms with van der Waals surface area (Å²) in [4.78, 5) is 29.8. The minimum Gasteiger partial charge on any atom is -0.475 e. The van der Waals surface area contributed by atoms with Gasteiger partial charge in [-0.2, -0.15) is 0 Å². The fourth-order valence-electron chi connectivity index (χ4n) is 3.88. The number of aromatic amines is 1. The molecule has 4 rings (SSSR count). The number of carbonyl (C=O) groups excluding carboxylic acids is 1. The van der Waals surface area contributed by atoms with E-state index in [4.69, 9.17) is 4.74 Å². The summed E-state index contributed by atoms with van der Waals surface area (Å²) in [6.07, 6.45) is 3.32. The van der Waals surface area contributed by atoms with Crippen molar-refractivity contribution < 1.29 is 17.9 Å². The molecule has 0 aliphatic carbocycles. The van der Waals surface area contributed by atoms with Crippen LogP contribution < -0.4 is 15.2 Å². The zero-order chi connectivity index (χ0) is 22.9. The Hall–Kier alpha value is -3.07. The van der Waals surface area contributed by atoms with E-state index in [0.717, 1.165) is 0 Å². The van der Waals surface area contributed by atoms with Crippen LogP contribution in [-0.4, -0.2) is 41.8 Å². The largest absolute Gasteiger partial charge is 0.475 e. The Morgan fingerprint density at radius 1 is 1.10 bits per heavy atom. The number of nitrogens with zero attached hydrogens (tertiary/aromatic N) is 2. The predicted octanol–water partition coefficient (Wildman–Crippen LogP) is 2.85. The van der Waals surface area contributed by atoms with E-state index in [1.807, 2.05) is 0 Å². The average molecular weight is 444 g/mol. The highest BCUT2D eigenvalue weighted by molar-refractivity contribution is 7.92. The Morgan fingerprint density at radius 3 is 2.42 bits per heavy atom. The number of hydrogen-bond acceptors (Lipinski definition) is 5. The van der Waals surface area contributed by atoms with Gasteiger partial charge in [0.15, 0.2) is 21.2 Å². The third kappa shape index (κ3) is 3.06. The maximum absolute atomic E-state index is 13.0.